The number of phenols is 1. The fraction of sp³-hybridized carbons (Fsp3) is 0.500. The number of hydrogen-bond acceptors (Lipinski definition) is 3. The van der Waals surface area contributed by atoms with Gasteiger partial charge in [-0.25, -0.2) is 0 Å². The second-order valence-corrected chi connectivity index (χ2v) is 4.67. The minimum atomic E-state index is -0.355. The summed E-state index contributed by atoms with van der Waals surface area (Å²) in [6.07, 6.45) is 0.866. The van der Waals surface area contributed by atoms with Gasteiger partial charge in [0.1, 0.15) is 5.75 Å². The summed E-state index contributed by atoms with van der Waals surface area (Å²) in [4.78, 5) is 12.0. The van der Waals surface area contributed by atoms with Crippen LogP contribution >= 0.6 is 0 Å². The van der Waals surface area contributed by atoms with Crippen molar-refractivity contribution in [3.63, 3.8) is 0 Å². The lowest BCUT2D eigenvalue weighted by Crippen LogP contribution is -2.41. The number of benzene rings is 1. The van der Waals surface area contributed by atoms with Crippen LogP contribution < -0.4 is 5.32 Å². The molecule has 2 atom stereocenters. The molecular formula is C14H21NO3. The Balaban J connectivity index is 2.81. The lowest BCUT2D eigenvalue weighted by molar-refractivity contribution is 0.0888. The zero-order chi connectivity index (χ0) is 13.7. The summed E-state index contributed by atoms with van der Waals surface area (Å²) in [5.74, 6) is -0.202. The largest absolute Gasteiger partial charge is 0.507 e. The van der Waals surface area contributed by atoms with E-state index in [1.807, 2.05) is 20.8 Å². The van der Waals surface area contributed by atoms with Gasteiger partial charge in [0.05, 0.1) is 18.2 Å². The highest BCUT2D eigenvalue weighted by atomic mass is 16.3. The van der Waals surface area contributed by atoms with Crippen LogP contribution in [0.5, 0.6) is 5.75 Å². The summed E-state index contributed by atoms with van der Waals surface area (Å²) in [5, 5.41) is 21.7. The van der Waals surface area contributed by atoms with Crippen LogP contribution in [0.25, 0.3) is 0 Å². The van der Waals surface area contributed by atoms with Gasteiger partial charge in [0.2, 0.25) is 0 Å². The van der Waals surface area contributed by atoms with E-state index >= 15 is 0 Å². The first-order valence-corrected chi connectivity index (χ1v) is 6.20. The van der Waals surface area contributed by atoms with Gasteiger partial charge in [0, 0.05) is 0 Å². The molecule has 0 heterocycles. The van der Waals surface area contributed by atoms with Crippen LogP contribution in [0, 0.1) is 12.8 Å². The first-order chi connectivity index (χ1) is 8.49. The Morgan fingerprint density at radius 3 is 2.61 bits per heavy atom. The highest BCUT2D eigenvalue weighted by molar-refractivity contribution is 5.97. The second-order valence-electron chi connectivity index (χ2n) is 4.67. The number of aromatic hydroxyl groups is 1. The van der Waals surface area contributed by atoms with Crippen molar-refractivity contribution in [3.05, 3.63) is 29.3 Å². The molecule has 0 fully saturated rings. The van der Waals surface area contributed by atoms with Gasteiger partial charge in [-0.05, 0) is 30.5 Å². The predicted molar refractivity (Wildman–Crippen MR) is 70.6 cm³/mol. The Kier molecular flexibility index (Phi) is 5.16. The molecule has 1 rings (SSSR count). The van der Waals surface area contributed by atoms with E-state index in [1.54, 1.807) is 18.2 Å². The van der Waals surface area contributed by atoms with E-state index in [0.29, 0.717) is 0 Å². The summed E-state index contributed by atoms with van der Waals surface area (Å²) in [6.45, 7) is 5.71. The third kappa shape index (κ3) is 3.47. The molecule has 1 aromatic carbocycles. The van der Waals surface area contributed by atoms with E-state index in [1.165, 1.54) is 0 Å². The standard InChI is InChI=1S/C14H21NO3/c1-4-10(3)12(8-16)15-14(18)11-6-5-9(2)7-13(11)17/h5-7,10,12,16-17H,4,8H2,1-3H3,(H,15,18)/t10-,12-/m1/s1. The highest BCUT2D eigenvalue weighted by Crippen LogP contribution is 2.19. The van der Waals surface area contributed by atoms with E-state index in [4.69, 9.17) is 0 Å². The van der Waals surface area contributed by atoms with Crippen LogP contribution in [0.15, 0.2) is 18.2 Å². The van der Waals surface area contributed by atoms with E-state index in [-0.39, 0.29) is 35.8 Å². The van der Waals surface area contributed by atoms with Crippen LogP contribution in [0.4, 0.5) is 0 Å². The maximum absolute atomic E-state index is 12.0. The number of aliphatic hydroxyl groups is 1. The number of aryl methyl sites for hydroxylation is 1. The number of nitrogens with one attached hydrogen (secondary N) is 1. The van der Waals surface area contributed by atoms with Crippen molar-refractivity contribution in [3.8, 4) is 5.75 Å². The summed E-state index contributed by atoms with van der Waals surface area (Å²) in [7, 11) is 0. The molecule has 0 saturated carbocycles. The minimum absolute atomic E-state index is 0.0339. The SMILES string of the molecule is CC[C@@H](C)[C@@H](CO)NC(=O)c1ccc(C)cc1O. The number of aliphatic hydroxyl groups excluding tert-OH is 1. The molecule has 0 unspecified atom stereocenters. The molecule has 3 N–H and O–H groups in total. The molecule has 0 aliphatic carbocycles. The summed E-state index contributed by atoms with van der Waals surface area (Å²) in [5.41, 5.74) is 1.13. The molecule has 0 spiro atoms. The zero-order valence-electron chi connectivity index (χ0n) is 11.1. The number of amides is 1. The van der Waals surface area contributed by atoms with Gasteiger partial charge in [-0.3, -0.25) is 4.79 Å². The Labute approximate surface area is 108 Å². The third-order valence-corrected chi connectivity index (χ3v) is 3.24. The number of phenolic OH excluding ortho intramolecular Hbond substituents is 1. The highest BCUT2D eigenvalue weighted by Gasteiger charge is 2.19. The molecule has 18 heavy (non-hydrogen) atoms. The van der Waals surface area contributed by atoms with Gasteiger partial charge in [-0.1, -0.05) is 26.3 Å². The molecule has 4 heteroatoms. The Morgan fingerprint density at radius 2 is 2.11 bits per heavy atom. The third-order valence-electron chi connectivity index (χ3n) is 3.24. The van der Waals surface area contributed by atoms with E-state index < -0.39 is 0 Å². The molecule has 4 nitrogen and oxygen atoms in total. The van der Waals surface area contributed by atoms with Crippen molar-refractivity contribution in [2.24, 2.45) is 5.92 Å². The molecule has 0 aliphatic heterocycles. The first kappa shape index (κ1) is 14.5. The lowest BCUT2D eigenvalue weighted by Gasteiger charge is -2.22. The maximum Gasteiger partial charge on any atom is 0.255 e. The van der Waals surface area contributed by atoms with Crippen LogP contribution in [0.2, 0.25) is 0 Å². The Bertz CT molecular complexity index is 418. The van der Waals surface area contributed by atoms with Crippen molar-refractivity contribution in [1.82, 2.24) is 5.32 Å². The van der Waals surface area contributed by atoms with Crippen molar-refractivity contribution in [2.45, 2.75) is 33.2 Å². The van der Waals surface area contributed by atoms with Gasteiger partial charge < -0.3 is 15.5 Å². The maximum atomic E-state index is 12.0. The van der Waals surface area contributed by atoms with Gasteiger partial charge in [-0.2, -0.15) is 0 Å². The smallest absolute Gasteiger partial charge is 0.255 e. The topological polar surface area (TPSA) is 69.6 Å². The van der Waals surface area contributed by atoms with Crippen molar-refractivity contribution >= 4 is 5.91 Å². The fourth-order valence-electron chi connectivity index (χ4n) is 1.73. The van der Waals surface area contributed by atoms with Crippen molar-refractivity contribution in [2.75, 3.05) is 6.61 Å². The lowest BCUT2D eigenvalue weighted by atomic mass is 9.99. The zero-order valence-corrected chi connectivity index (χ0v) is 11.1. The normalized spacial score (nSPS) is 14.0. The Hall–Kier alpha value is -1.55. The van der Waals surface area contributed by atoms with E-state index in [0.717, 1.165) is 12.0 Å². The fourth-order valence-corrected chi connectivity index (χ4v) is 1.73. The summed E-state index contributed by atoms with van der Waals surface area (Å²) >= 11 is 0. The van der Waals surface area contributed by atoms with E-state index in [9.17, 15) is 15.0 Å². The number of rotatable bonds is 5. The van der Waals surface area contributed by atoms with Crippen LogP contribution in [-0.2, 0) is 0 Å². The molecule has 0 saturated heterocycles. The summed E-state index contributed by atoms with van der Waals surface area (Å²) < 4.78 is 0. The van der Waals surface area contributed by atoms with Gasteiger partial charge in [0.15, 0.2) is 0 Å². The summed E-state index contributed by atoms with van der Waals surface area (Å²) in [6, 6.07) is 4.62. The van der Waals surface area contributed by atoms with Gasteiger partial charge in [-0.15, -0.1) is 0 Å². The predicted octanol–water partition coefficient (Wildman–Crippen LogP) is 1.84. The monoisotopic (exact) mass is 251 g/mol. The molecule has 0 aromatic heterocycles. The van der Waals surface area contributed by atoms with Crippen molar-refractivity contribution in [1.29, 1.82) is 0 Å². The first-order valence-electron chi connectivity index (χ1n) is 6.20. The van der Waals surface area contributed by atoms with E-state index in [2.05, 4.69) is 5.32 Å². The molecule has 0 bridgehead atoms. The second kappa shape index (κ2) is 6.40. The number of hydrogen-bond donors (Lipinski definition) is 3. The van der Waals surface area contributed by atoms with Gasteiger partial charge in [0.25, 0.3) is 5.91 Å². The van der Waals surface area contributed by atoms with Gasteiger partial charge >= 0.3 is 0 Å². The van der Waals surface area contributed by atoms with Crippen LogP contribution in [-0.4, -0.2) is 28.8 Å². The number of carbonyl (C=O) groups excluding carboxylic acids is 1. The molecule has 0 aliphatic rings. The van der Waals surface area contributed by atoms with Crippen molar-refractivity contribution < 1.29 is 15.0 Å². The molecular weight excluding hydrogens is 230 g/mol. The number of carbonyl (C=O) groups is 1. The molecule has 0 radical (unpaired) electrons. The minimum Gasteiger partial charge on any atom is -0.507 e. The van der Waals surface area contributed by atoms with Crippen LogP contribution in [0.3, 0.4) is 0 Å². The van der Waals surface area contributed by atoms with Crippen LogP contribution in [0.1, 0.15) is 36.2 Å². The average molecular weight is 251 g/mol. The molecule has 1 amide bonds. The molecule has 100 valence electrons. The molecule has 1 aromatic rings. The quantitative estimate of drug-likeness (QED) is 0.748. The average Bonchev–Trinajstić information content (AvgIpc) is 2.34. The Morgan fingerprint density at radius 1 is 1.44 bits per heavy atom.